The molecule has 0 aliphatic rings. The molecule has 0 bridgehead atoms. The lowest BCUT2D eigenvalue weighted by Gasteiger charge is -2.18. The summed E-state index contributed by atoms with van der Waals surface area (Å²) in [5.74, 6) is -1.86. The largest absolute Gasteiger partial charge is 0.480 e. The van der Waals surface area contributed by atoms with Crippen LogP contribution in [0, 0.1) is 5.82 Å². The van der Waals surface area contributed by atoms with Gasteiger partial charge in [-0.3, -0.25) is 9.59 Å². The van der Waals surface area contributed by atoms with Gasteiger partial charge in [0.05, 0.1) is 5.75 Å². The first-order valence-electron chi connectivity index (χ1n) is 5.52. The molecule has 0 aliphatic heterocycles. The summed E-state index contributed by atoms with van der Waals surface area (Å²) in [7, 11) is 0. The van der Waals surface area contributed by atoms with Crippen LogP contribution in [0.4, 0.5) is 4.39 Å². The second kappa shape index (κ2) is 7.58. The van der Waals surface area contributed by atoms with Gasteiger partial charge in [-0.2, -0.15) is 0 Å². The van der Waals surface area contributed by atoms with Crippen LogP contribution in [0.15, 0.2) is 41.8 Å². The average Bonchev–Trinajstić information content (AvgIpc) is 2.36. The first-order chi connectivity index (χ1) is 9.04. The van der Waals surface area contributed by atoms with E-state index in [4.69, 9.17) is 5.11 Å². The summed E-state index contributed by atoms with van der Waals surface area (Å²) in [6.07, 6.45) is 1.45. The Labute approximate surface area is 114 Å². The number of benzene rings is 1. The lowest BCUT2D eigenvalue weighted by molar-refractivity contribution is -0.143. The molecule has 1 N–H and O–H groups in total. The number of hydrogen-bond acceptors (Lipinski definition) is 3. The molecule has 1 amide bonds. The van der Waals surface area contributed by atoms with Crippen LogP contribution in [0.1, 0.15) is 0 Å². The van der Waals surface area contributed by atoms with Crippen LogP contribution in [-0.4, -0.2) is 40.7 Å². The van der Waals surface area contributed by atoms with E-state index in [1.54, 1.807) is 18.2 Å². The van der Waals surface area contributed by atoms with Crippen molar-refractivity contribution in [3.05, 3.63) is 42.7 Å². The van der Waals surface area contributed by atoms with Crippen molar-refractivity contribution in [2.75, 3.05) is 18.8 Å². The minimum absolute atomic E-state index is 0.0119. The first kappa shape index (κ1) is 15.2. The van der Waals surface area contributed by atoms with E-state index in [0.717, 1.165) is 16.7 Å². The van der Waals surface area contributed by atoms with Crippen molar-refractivity contribution in [3.8, 4) is 0 Å². The molecule has 19 heavy (non-hydrogen) atoms. The molecule has 1 aromatic rings. The number of aliphatic carboxylic acids is 1. The first-order valence-corrected chi connectivity index (χ1v) is 6.51. The van der Waals surface area contributed by atoms with Crippen LogP contribution in [0.3, 0.4) is 0 Å². The Morgan fingerprint density at radius 1 is 1.42 bits per heavy atom. The van der Waals surface area contributed by atoms with Gasteiger partial charge in [-0.05, 0) is 12.1 Å². The number of carbonyl (C=O) groups excluding carboxylic acids is 1. The van der Waals surface area contributed by atoms with E-state index in [2.05, 4.69) is 6.58 Å². The Kier molecular flexibility index (Phi) is 6.08. The van der Waals surface area contributed by atoms with E-state index in [1.165, 1.54) is 12.1 Å². The van der Waals surface area contributed by atoms with Crippen molar-refractivity contribution in [2.24, 2.45) is 0 Å². The Morgan fingerprint density at radius 3 is 2.68 bits per heavy atom. The van der Waals surface area contributed by atoms with Crippen molar-refractivity contribution in [1.29, 1.82) is 0 Å². The van der Waals surface area contributed by atoms with Crippen LogP contribution >= 0.6 is 11.8 Å². The van der Waals surface area contributed by atoms with Gasteiger partial charge in [0.1, 0.15) is 12.4 Å². The third kappa shape index (κ3) is 5.13. The summed E-state index contributed by atoms with van der Waals surface area (Å²) in [5.41, 5.74) is 0. The van der Waals surface area contributed by atoms with Crippen molar-refractivity contribution in [2.45, 2.75) is 4.90 Å². The molecule has 0 radical (unpaired) electrons. The number of thioether (sulfide) groups is 1. The molecule has 0 fully saturated rings. The van der Waals surface area contributed by atoms with E-state index in [0.29, 0.717) is 4.90 Å². The summed E-state index contributed by atoms with van der Waals surface area (Å²) in [6, 6.07) is 6.12. The molecule has 1 rings (SSSR count). The molecule has 0 aromatic heterocycles. The third-order valence-corrected chi connectivity index (χ3v) is 3.25. The number of carboxylic acids is 1. The topological polar surface area (TPSA) is 57.6 Å². The highest BCUT2D eigenvalue weighted by molar-refractivity contribution is 8.00. The third-order valence-electron chi connectivity index (χ3n) is 2.22. The van der Waals surface area contributed by atoms with Crippen LogP contribution < -0.4 is 0 Å². The zero-order valence-electron chi connectivity index (χ0n) is 10.2. The SMILES string of the molecule is C=CCN(CC(=O)O)C(=O)CSc1ccccc1F. The molecule has 0 heterocycles. The molecular weight excluding hydrogens is 269 g/mol. The van der Waals surface area contributed by atoms with E-state index >= 15 is 0 Å². The molecule has 102 valence electrons. The highest BCUT2D eigenvalue weighted by Gasteiger charge is 2.16. The van der Waals surface area contributed by atoms with Gasteiger partial charge in [0.2, 0.25) is 5.91 Å². The van der Waals surface area contributed by atoms with Gasteiger partial charge in [-0.1, -0.05) is 18.2 Å². The monoisotopic (exact) mass is 283 g/mol. The van der Waals surface area contributed by atoms with Crippen molar-refractivity contribution < 1.29 is 19.1 Å². The fourth-order valence-electron chi connectivity index (χ4n) is 1.37. The van der Waals surface area contributed by atoms with Crippen LogP contribution in [0.2, 0.25) is 0 Å². The molecule has 1 aromatic carbocycles. The Bertz CT molecular complexity index is 479. The normalized spacial score (nSPS) is 9.95. The number of rotatable bonds is 7. The number of halogens is 1. The van der Waals surface area contributed by atoms with Gasteiger partial charge < -0.3 is 10.0 Å². The number of hydrogen-bond donors (Lipinski definition) is 1. The molecule has 0 atom stereocenters. The van der Waals surface area contributed by atoms with E-state index < -0.39 is 11.8 Å². The van der Waals surface area contributed by atoms with E-state index in [1.807, 2.05) is 0 Å². The van der Waals surface area contributed by atoms with Crippen molar-refractivity contribution >= 4 is 23.6 Å². The number of amides is 1. The average molecular weight is 283 g/mol. The maximum atomic E-state index is 13.3. The lowest BCUT2D eigenvalue weighted by Crippen LogP contribution is -2.36. The minimum atomic E-state index is -1.09. The van der Waals surface area contributed by atoms with E-state index in [9.17, 15) is 14.0 Å². The van der Waals surface area contributed by atoms with E-state index in [-0.39, 0.29) is 24.7 Å². The maximum absolute atomic E-state index is 13.3. The van der Waals surface area contributed by atoms with Crippen LogP contribution in [-0.2, 0) is 9.59 Å². The van der Waals surface area contributed by atoms with Crippen LogP contribution in [0.25, 0.3) is 0 Å². The Hall–Kier alpha value is -1.82. The lowest BCUT2D eigenvalue weighted by atomic mass is 10.3. The summed E-state index contributed by atoms with van der Waals surface area (Å²) in [6.45, 7) is 3.24. The minimum Gasteiger partial charge on any atom is -0.480 e. The smallest absolute Gasteiger partial charge is 0.323 e. The predicted molar refractivity (Wildman–Crippen MR) is 71.5 cm³/mol. The van der Waals surface area contributed by atoms with Gasteiger partial charge in [-0.15, -0.1) is 18.3 Å². The predicted octanol–water partition coefficient (Wildman–Crippen LogP) is 2.02. The second-order valence-electron chi connectivity index (χ2n) is 3.68. The zero-order valence-corrected chi connectivity index (χ0v) is 11.0. The molecule has 4 nitrogen and oxygen atoms in total. The zero-order chi connectivity index (χ0) is 14.3. The van der Waals surface area contributed by atoms with Gasteiger partial charge in [0, 0.05) is 11.4 Å². The molecule has 6 heteroatoms. The molecule has 0 spiro atoms. The van der Waals surface area contributed by atoms with Crippen LogP contribution in [0.5, 0.6) is 0 Å². The van der Waals surface area contributed by atoms with Gasteiger partial charge >= 0.3 is 5.97 Å². The fourth-order valence-corrected chi connectivity index (χ4v) is 2.21. The summed E-state index contributed by atoms with van der Waals surface area (Å²) in [4.78, 5) is 24.0. The number of nitrogens with zero attached hydrogens (tertiary/aromatic N) is 1. The molecule has 0 aliphatic carbocycles. The molecule has 0 saturated carbocycles. The Balaban J connectivity index is 2.59. The second-order valence-corrected chi connectivity index (χ2v) is 4.69. The highest BCUT2D eigenvalue weighted by atomic mass is 32.2. The summed E-state index contributed by atoms with van der Waals surface area (Å²) >= 11 is 1.04. The summed E-state index contributed by atoms with van der Waals surface area (Å²) in [5, 5.41) is 8.69. The standard InChI is InChI=1S/C13H14FNO3S/c1-2-7-15(8-13(17)18)12(16)9-19-11-6-4-3-5-10(11)14/h2-6H,1,7-9H2,(H,17,18). The van der Waals surface area contributed by atoms with Crippen molar-refractivity contribution in [1.82, 2.24) is 4.90 Å². The molecule has 0 unspecified atom stereocenters. The maximum Gasteiger partial charge on any atom is 0.323 e. The Morgan fingerprint density at radius 2 is 2.11 bits per heavy atom. The molecular formula is C13H14FNO3S. The van der Waals surface area contributed by atoms with Gasteiger partial charge in [-0.25, -0.2) is 4.39 Å². The highest BCUT2D eigenvalue weighted by Crippen LogP contribution is 2.21. The van der Waals surface area contributed by atoms with Gasteiger partial charge in [0.15, 0.2) is 0 Å². The summed E-state index contributed by atoms with van der Waals surface area (Å²) < 4.78 is 13.3. The number of carbonyl (C=O) groups is 2. The number of carboxylic acid groups (broad SMARTS) is 1. The van der Waals surface area contributed by atoms with Gasteiger partial charge in [0.25, 0.3) is 0 Å². The quantitative estimate of drug-likeness (QED) is 0.614. The fraction of sp³-hybridized carbons (Fsp3) is 0.231. The molecule has 0 saturated heterocycles. The van der Waals surface area contributed by atoms with Crippen molar-refractivity contribution in [3.63, 3.8) is 0 Å².